The summed E-state index contributed by atoms with van der Waals surface area (Å²) in [6.07, 6.45) is 0. The molecule has 0 amide bonds. The lowest BCUT2D eigenvalue weighted by atomic mass is 10.2. The Morgan fingerprint density at radius 1 is 1.12 bits per heavy atom. The average Bonchev–Trinajstić information content (AvgIpc) is 2.32. The molecule has 1 aliphatic carbocycles. The number of benzene rings is 2. The molecule has 1 heterocycles. The van der Waals surface area contributed by atoms with Crippen LogP contribution in [0.3, 0.4) is 0 Å². The van der Waals surface area contributed by atoms with Crippen molar-refractivity contribution < 1.29 is 5.41 Å². The molecule has 0 aromatic heterocycles. The molecular weight excluding hydrogens is 218 g/mol. The van der Waals surface area contributed by atoms with E-state index < -0.39 is 0 Å². The fourth-order valence-electron chi connectivity index (χ4n) is 1.68. The number of rotatable bonds is 0. The Bertz CT molecular complexity index is 702. The molecule has 16 heavy (non-hydrogen) atoms. The van der Waals surface area contributed by atoms with E-state index in [-0.39, 0.29) is 0 Å². The lowest BCUT2D eigenvalue weighted by molar-refractivity contribution is -0.170. The Kier molecular flexibility index (Phi) is 1.91. The van der Waals surface area contributed by atoms with E-state index in [0.29, 0.717) is 11.0 Å². The predicted molar refractivity (Wildman–Crippen MR) is 65.7 cm³/mol. The SMILES string of the molecule is Nc1ccc2sc3ccccc3nc-2c1=[NH2+]. The fourth-order valence-corrected chi connectivity index (χ4v) is 2.67. The third-order valence-corrected chi connectivity index (χ3v) is 3.65. The van der Waals surface area contributed by atoms with Crippen molar-refractivity contribution in [2.75, 3.05) is 5.73 Å². The van der Waals surface area contributed by atoms with E-state index in [2.05, 4.69) is 11.1 Å². The normalized spacial score (nSPS) is 11.0. The topological polar surface area (TPSA) is 64.5 Å². The molecular formula is C12H10N3S+. The lowest BCUT2D eigenvalue weighted by Crippen LogP contribution is -2.47. The summed E-state index contributed by atoms with van der Waals surface area (Å²) < 4.78 is 1.15. The quantitative estimate of drug-likeness (QED) is 0.438. The number of para-hydroxylation sites is 1. The van der Waals surface area contributed by atoms with Gasteiger partial charge in [0.25, 0.3) is 0 Å². The van der Waals surface area contributed by atoms with Crippen LogP contribution in [-0.2, 0) is 0 Å². The molecule has 4 heteroatoms. The molecule has 3 nitrogen and oxygen atoms in total. The van der Waals surface area contributed by atoms with Crippen LogP contribution >= 0.6 is 11.3 Å². The third kappa shape index (κ3) is 1.27. The molecule has 0 spiro atoms. The van der Waals surface area contributed by atoms with Crippen LogP contribution in [0.1, 0.15) is 0 Å². The Labute approximate surface area is 96.0 Å². The van der Waals surface area contributed by atoms with E-state index >= 15 is 0 Å². The summed E-state index contributed by atoms with van der Waals surface area (Å²) in [5.74, 6) is 0. The van der Waals surface area contributed by atoms with Crippen molar-refractivity contribution in [2.45, 2.75) is 0 Å². The fraction of sp³-hybridized carbons (Fsp3) is 0. The first-order valence-electron chi connectivity index (χ1n) is 4.92. The van der Waals surface area contributed by atoms with Gasteiger partial charge in [-0.1, -0.05) is 12.1 Å². The van der Waals surface area contributed by atoms with Gasteiger partial charge in [-0.2, -0.15) is 0 Å². The molecule has 0 radical (unpaired) electrons. The van der Waals surface area contributed by atoms with Gasteiger partial charge in [0.05, 0.1) is 15.1 Å². The molecule has 1 aromatic carbocycles. The van der Waals surface area contributed by atoms with E-state index in [0.717, 1.165) is 20.8 Å². The molecule has 2 aliphatic rings. The van der Waals surface area contributed by atoms with Crippen LogP contribution in [0.5, 0.6) is 0 Å². The number of fused-ring (bicyclic) bond motifs is 2. The van der Waals surface area contributed by atoms with Crippen LogP contribution in [0.4, 0.5) is 5.69 Å². The zero-order valence-electron chi connectivity index (χ0n) is 8.47. The van der Waals surface area contributed by atoms with E-state index in [9.17, 15) is 0 Å². The number of aromatic nitrogens is 1. The van der Waals surface area contributed by atoms with Crippen molar-refractivity contribution in [3.05, 3.63) is 41.8 Å². The van der Waals surface area contributed by atoms with Crippen molar-refractivity contribution >= 4 is 27.2 Å². The zero-order chi connectivity index (χ0) is 11.1. The molecule has 78 valence electrons. The average molecular weight is 228 g/mol. The number of hydrogen-bond acceptors (Lipinski definition) is 3. The second-order valence-electron chi connectivity index (χ2n) is 3.60. The summed E-state index contributed by atoms with van der Waals surface area (Å²) >= 11 is 1.68. The van der Waals surface area contributed by atoms with Gasteiger partial charge in [0.2, 0.25) is 5.36 Å². The second-order valence-corrected chi connectivity index (χ2v) is 4.68. The van der Waals surface area contributed by atoms with Gasteiger partial charge in [-0.05, 0) is 24.3 Å². The Hall–Kier alpha value is -1.94. The minimum absolute atomic E-state index is 0.569. The third-order valence-electron chi connectivity index (χ3n) is 2.53. The molecule has 1 aliphatic heterocycles. The summed E-state index contributed by atoms with van der Waals surface area (Å²) in [7, 11) is 0. The molecule has 1 aromatic rings. The van der Waals surface area contributed by atoms with Crippen LogP contribution in [0, 0.1) is 0 Å². The van der Waals surface area contributed by atoms with Gasteiger partial charge in [-0.15, -0.1) is 11.3 Å². The summed E-state index contributed by atoms with van der Waals surface area (Å²) in [6.45, 7) is 0. The standard InChI is InChI=1S/C12H9N3S/c13-7-5-6-10-12(11(7)14)15-8-3-1-2-4-9(8)16-10/h1-6,14H,13H2/p+1. The van der Waals surface area contributed by atoms with Crippen molar-refractivity contribution in [1.82, 2.24) is 4.98 Å². The molecule has 0 saturated heterocycles. The van der Waals surface area contributed by atoms with Crippen LogP contribution in [0.2, 0.25) is 0 Å². The zero-order valence-corrected chi connectivity index (χ0v) is 9.29. The molecule has 0 fully saturated rings. The number of nitrogen functional groups attached to an aromatic ring is 1. The first kappa shape index (κ1) is 9.30. The Morgan fingerprint density at radius 2 is 1.94 bits per heavy atom. The van der Waals surface area contributed by atoms with Gasteiger partial charge < -0.3 is 5.73 Å². The van der Waals surface area contributed by atoms with Gasteiger partial charge in [-0.3, -0.25) is 5.41 Å². The second kappa shape index (κ2) is 3.28. The highest BCUT2D eigenvalue weighted by Crippen LogP contribution is 2.28. The number of nitrogens with two attached hydrogens (primary N) is 2. The molecule has 0 atom stereocenters. The maximum absolute atomic E-state index is 5.93. The lowest BCUT2D eigenvalue weighted by Gasteiger charge is -2.04. The van der Waals surface area contributed by atoms with Gasteiger partial charge in [-0.25, -0.2) is 4.98 Å². The van der Waals surface area contributed by atoms with E-state index in [4.69, 9.17) is 11.1 Å². The van der Waals surface area contributed by atoms with Gasteiger partial charge in [0.15, 0.2) is 5.69 Å². The first-order valence-corrected chi connectivity index (χ1v) is 5.74. The van der Waals surface area contributed by atoms with Gasteiger partial charge in [0, 0.05) is 0 Å². The predicted octanol–water partition coefficient (Wildman–Crippen LogP) is 0.643. The molecule has 0 saturated carbocycles. The highest BCUT2D eigenvalue weighted by molar-refractivity contribution is 7.21. The van der Waals surface area contributed by atoms with Gasteiger partial charge >= 0.3 is 0 Å². The van der Waals surface area contributed by atoms with E-state index in [1.165, 1.54) is 0 Å². The maximum atomic E-state index is 5.93. The Morgan fingerprint density at radius 3 is 2.81 bits per heavy atom. The van der Waals surface area contributed by atoms with E-state index in [1.807, 2.05) is 30.3 Å². The molecule has 0 unspecified atom stereocenters. The summed E-state index contributed by atoms with van der Waals surface area (Å²) in [5, 5.41) is 6.50. The van der Waals surface area contributed by atoms with Crippen LogP contribution in [0.25, 0.3) is 20.8 Å². The van der Waals surface area contributed by atoms with Crippen LogP contribution in [0.15, 0.2) is 36.4 Å². The smallest absolute Gasteiger partial charge is 0.247 e. The molecule has 0 bridgehead atoms. The number of hydrogen-bond donors (Lipinski definition) is 2. The summed E-state index contributed by atoms with van der Waals surface area (Å²) in [4.78, 5) is 5.60. The Balaban J connectivity index is 2.53. The number of anilines is 1. The first-order chi connectivity index (χ1) is 7.75. The maximum Gasteiger partial charge on any atom is 0.247 e. The minimum atomic E-state index is 0.569. The number of nitrogens with zero attached hydrogens (tertiary/aromatic N) is 1. The van der Waals surface area contributed by atoms with Gasteiger partial charge in [0.1, 0.15) is 5.69 Å². The van der Waals surface area contributed by atoms with Crippen molar-refractivity contribution in [1.29, 1.82) is 0 Å². The van der Waals surface area contributed by atoms with Crippen LogP contribution < -0.4 is 16.5 Å². The van der Waals surface area contributed by atoms with Crippen molar-refractivity contribution in [3.63, 3.8) is 0 Å². The monoisotopic (exact) mass is 228 g/mol. The molecule has 3 rings (SSSR count). The van der Waals surface area contributed by atoms with Crippen molar-refractivity contribution in [3.8, 4) is 10.6 Å². The van der Waals surface area contributed by atoms with E-state index in [1.54, 1.807) is 11.3 Å². The summed E-state index contributed by atoms with van der Waals surface area (Å²) in [6, 6.07) is 11.8. The highest BCUT2D eigenvalue weighted by Gasteiger charge is 2.12. The largest absolute Gasteiger partial charge is 0.393 e. The summed E-state index contributed by atoms with van der Waals surface area (Å²) in [5.41, 5.74) is 8.11. The highest BCUT2D eigenvalue weighted by atomic mass is 32.1. The van der Waals surface area contributed by atoms with Crippen LogP contribution in [-0.4, -0.2) is 4.98 Å². The minimum Gasteiger partial charge on any atom is -0.393 e. The van der Waals surface area contributed by atoms with Crippen molar-refractivity contribution in [2.24, 2.45) is 0 Å². The molecule has 4 N–H and O–H groups in total.